The summed E-state index contributed by atoms with van der Waals surface area (Å²) in [4.78, 5) is 27.9. The molecule has 1 aliphatic heterocycles. The molecule has 24 heavy (non-hydrogen) atoms. The molecule has 0 spiro atoms. The highest BCUT2D eigenvalue weighted by Crippen LogP contribution is 2.22. The van der Waals surface area contributed by atoms with E-state index in [0.717, 1.165) is 11.3 Å². The molecule has 2 rings (SSSR count). The highest BCUT2D eigenvalue weighted by atomic mass is 16.5. The lowest BCUT2D eigenvalue weighted by Crippen LogP contribution is -2.45. The minimum atomic E-state index is -0.0589. The summed E-state index contributed by atoms with van der Waals surface area (Å²) in [5.41, 5.74) is 1.79. The Balaban J connectivity index is 1.91. The Labute approximate surface area is 143 Å². The summed E-state index contributed by atoms with van der Waals surface area (Å²) in [7, 11) is 3.49. The van der Waals surface area contributed by atoms with Gasteiger partial charge in [-0.1, -0.05) is 18.2 Å². The Morgan fingerprint density at radius 3 is 2.54 bits per heavy atom. The number of hydrogen-bond acceptors (Lipinski definition) is 3. The lowest BCUT2D eigenvalue weighted by atomic mass is 9.96. The van der Waals surface area contributed by atoms with Crippen LogP contribution in [-0.4, -0.2) is 55.5 Å². The van der Waals surface area contributed by atoms with Gasteiger partial charge in [-0.25, -0.2) is 4.79 Å². The minimum Gasteiger partial charge on any atom is -0.377 e. The van der Waals surface area contributed by atoms with Crippen molar-refractivity contribution in [3.8, 4) is 0 Å². The fraction of sp³-hybridized carbons (Fsp3) is 0.556. The number of para-hydroxylation sites is 1. The Hall–Kier alpha value is -2.08. The normalized spacial score (nSPS) is 15.2. The van der Waals surface area contributed by atoms with E-state index in [1.165, 1.54) is 0 Å². The van der Waals surface area contributed by atoms with Crippen molar-refractivity contribution in [3.05, 3.63) is 29.8 Å². The van der Waals surface area contributed by atoms with Gasteiger partial charge in [0.2, 0.25) is 5.91 Å². The smallest absolute Gasteiger partial charge is 0.319 e. The topological polar surface area (TPSA) is 61.9 Å². The number of likely N-dealkylation sites (tertiary alicyclic amines) is 1. The first kappa shape index (κ1) is 18.3. The van der Waals surface area contributed by atoms with Crippen molar-refractivity contribution in [2.45, 2.75) is 26.4 Å². The minimum absolute atomic E-state index is 0.0101. The van der Waals surface area contributed by atoms with Crippen molar-refractivity contribution in [3.63, 3.8) is 0 Å². The summed E-state index contributed by atoms with van der Waals surface area (Å²) in [6.45, 7) is 4.32. The number of benzene rings is 1. The number of nitrogens with one attached hydrogen (secondary N) is 1. The van der Waals surface area contributed by atoms with E-state index in [4.69, 9.17) is 4.74 Å². The molecule has 0 aliphatic carbocycles. The van der Waals surface area contributed by atoms with Crippen molar-refractivity contribution in [1.82, 2.24) is 9.80 Å². The molecular weight excluding hydrogens is 306 g/mol. The fourth-order valence-electron chi connectivity index (χ4n) is 2.83. The van der Waals surface area contributed by atoms with Crippen LogP contribution in [0.1, 0.15) is 25.3 Å². The van der Waals surface area contributed by atoms with E-state index >= 15 is 0 Å². The highest BCUT2D eigenvalue weighted by Gasteiger charge is 2.28. The van der Waals surface area contributed by atoms with Crippen LogP contribution < -0.4 is 5.32 Å². The predicted octanol–water partition coefficient (Wildman–Crippen LogP) is 2.56. The van der Waals surface area contributed by atoms with Crippen LogP contribution in [-0.2, 0) is 16.1 Å². The zero-order valence-electron chi connectivity index (χ0n) is 14.7. The number of carbonyl (C=O) groups is 2. The maximum absolute atomic E-state index is 12.5. The molecule has 1 saturated heterocycles. The molecule has 0 bridgehead atoms. The van der Waals surface area contributed by atoms with Crippen LogP contribution in [0.25, 0.3) is 0 Å². The van der Waals surface area contributed by atoms with E-state index in [1.807, 2.05) is 31.2 Å². The number of carbonyl (C=O) groups excluding carboxylic acids is 2. The molecule has 0 unspecified atom stereocenters. The number of anilines is 1. The van der Waals surface area contributed by atoms with Crippen molar-refractivity contribution < 1.29 is 14.3 Å². The van der Waals surface area contributed by atoms with E-state index in [-0.39, 0.29) is 17.9 Å². The number of piperidine rings is 1. The first-order valence-corrected chi connectivity index (χ1v) is 8.45. The van der Waals surface area contributed by atoms with Gasteiger partial charge in [0.15, 0.2) is 0 Å². The van der Waals surface area contributed by atoms with Crippen molar-refractivity contribution >= 4 is 17.6 Å². The molecule has 1 heterocycles. The molecule has 1 aromatic rings. The molecule has 3 amide bonds. The first-order chi connectivity index (χ1) is 11.5. The third-order valence-electron chi connectivity index (χ3n) is 4.26. The maximum Gasteiger partial charge on any atom is 0.319 e. The van der Waals surface area contributed by atoms with Gasteiger partial charge in [-0.05, 0) is 25.8 Å². The number of urea groups is 1. The number of amides is 3. The fourth-order valence-corrected chi connectivity index (χ4v) is 2.83. The zero-order valence-corrected chi connectivity index (χ0v) is 14.7. The Morgan fingerprint density at radius 1 is 1.25 bits per heavy atom. The molecule has 0 aromatic heterocycles. The number of ether oxygens (including phenoxy) is 1. The third kappa shape index (κ3) is 4.71. The molecule has 132 valence electrons. The average molecular weight is 333 g/mol. The van der Waals surface area contributed by atoms with E-state index in [2.05, 4.69) is 5.32 Å². The average Bonchev–Trinajstić information content (AvgIpc) is 2.60. The summed E-state index contributed by atoms with van der Waals surface area (Å²) in [5, 5.41) is 3.02. The molecule has 0 radical (unpaired) electrons. The standard InChI is InChI=1S/C18H27N3O3/c1-4-24-13-15-7-5-6-8-16(15)19-17(22)14-9-11-21(12-10-14)18(23)20(2)3/h5-8,14H,4,9-13H2,1-3H3,(H,19,22). The van der Waals surface area contributed by atoms with E-state index in [0.29, 0.717) is 39.1 Å². The molecule has 0 saturated carbocycles. The van der Waals surface area contributed by atoms with Gasteiger partial charge in [-0.15, -0.1) is 0 Å². The van der Waals surface area contributed by atoms with Gasteiger partial charge in [-0.2, -0.15) is 0 Å². The molecule has 6 nitrogen and oxygen atoms in total. The van der Waals surface area contributed by atoms with Crippen molar-refractivity contribution in [2.75, 3.05) is 39.1 Å². The second kappa shape index (κ2) is 8.68. The van der Waals surface area contributed by atoms with Crippen LogP contribution in [0.5, 0.6) is 0 Å². The summed E-state index contributed by atoms with van der Waals surface area (Å²) in [5.74, 6) is -0.0349. The molecule has 0 atom stereocenters. The predicted molar refractivity (Wildman–Crippen MR) is 93.8 cm³/mol. The summed E-state index contributed by atoms with van der Waals surface area (Å²) < 4.78 is 5.45. The first-order valence-electron chi connectivity index (χ1n) is 8.45. The van der Waals surface area contributed by atoms with Gasteiger partial charge < -0.3 is 19.9 Å². The lowest BCUT2D eigenvalue weighted by Gasteiger charge is -2.33. The second-order valence-corrected chi connectivity index (χ2v) is 6.22. The maximum atomic E-state index is 12.5. The van der Waals surface area contributed by atoms with Crippen LogP contribution in [0.4, 0.5) is 10.5 Å². The van der Waals surface area contributed by atoms with Gasteiger partial charge in [0.25, 0.3) is 0 Å². The quantitative estimate of drug-likeness (QED) is 0.901. The van der Waals surface area contributed by atoms with Crippen LogP contribution >= 0.6 is 0 Å². The molecule has 6 heteroatoms. The molecule has 1 aliphatic rings. The second-order valence-electron chi connectivity index (χ2n) is 6.22. The van der Waals surface area contributed by atoms with Gasteiger partial charge in [-0.3, -0.25) is 4.79 Å². The van der Waals surface area contributed by atoms with Crippen molar-refractivity contribution in [1.29, 1.82) is 0 Å². The molecular formula is C18H27N3O3. The number of nitrogens with zero attached hydrogens (tertiary/aromatic N) is 2. The van der Waals surface area contributed by atoms with Crippen LogP contribution in [0.2, 0.25) is 0 Å². The van der Waals surface area contributed by atoms with Gasteiger partial charge in [0, 0.05) is 51.0 Å². The third-order valence-corrected chi connectivity index (χ3v) is 4.26. The van der Waals surface area contributed by atoms with E-state index in [9.17, 15) is 9.59 Å². The van der Waals surface area contributed by atoms with Gasteiger partial charge >= 0.3 is 6.03 Å². The largest absolute Gasteiger partial charge is 0.377 e. The van der Waals surface area contributed by atoms with Crippen LogP contribution in [0, 0.1) is 5.92 Å². The summed E-state index contributed by atoms with van der Waals surface area (Å²) in [6.07, 6.45) is 1.39. The van der Waals surface area contributed by atoms with Crippen molar-refractivity contribution in [2.24, 2.45) is 5.92 Å². The summed E-state index contributed by atoms with van der Waals surface area (Å²) >= 11 is 0. The molecule has 1 aromatic carbocycles. The van der Waals surface area contributed by atoms with Crippen LogP contribution in [0.3, 0.4) is 0 Å². The zero-order chi connectivity index (χ0) is 17.5. The van der Waals surface area contributed by atoms with E-state index in [1.54, 1.807) is 23.9 Å². The summed E-state index contributed by atoms with van der Waals surface area (Å²) in [6, 6.07) is 7.72. The highest BCUT2D eigenvalue weighted by molar-refractivity contribution is 5.93. The monoisotopic (exact) mass is 333 g/mol. The lowest BCUT2D eigenvalue weighted by molar-refractivity contribution is -0.121. The Morgan fingerprint density at radius 2 is 1.92 bits per heavy atom. The Kier molecular flexibility index (Phi) is 6.61. The van der Waals surface area contributed by atoms with E-state index < -0.39 is 0 Å². The molecule has 1 N–H and O–H groups in total. The van der Waals surface area contributed by atoms with Gasteiger partial charge in [0.05, 0.1) is 6.61 Å². The van der Waals surface area contributed by atoms with Crippen LogP contribution in [0.15, 0.2) is 24.3 Å². The SMILES string of the molecule is CCOCc1ccccc1NC(=O)C1CCN(C(=O)N(C)C)CC1. The van der Waals surface area contributed by atoms with Gasteiger partial charge in [0.1, 0.15) is 0 Å². The Bertz CT molecular complexity index is 566. The molecule has 1 fully saturated rings. The number of hydrogen-bond donors (Lipinski definition) is 1. The number of rotatable bonds is 5.